The van der Waals surface area contributed by atoms with E-state index in [4.69, 9.17) is 5.11 Å². The largest absolute Gasteiger partial charge is 0.419 e. The molecule has 108 valence electrons. The highest BCUT2D eigenvalue weighted by Crippen LogP contribution is 2.31. The molecule has 0 aliphatic rings. The quantitative estimate of drug-likeness (QED) is 0.864. The zero-order chi connectivity index (χ0) is 14.9. The number of hydrogen-bond acceptors (Lipinski definition) is 4. The van der Waals surface area contributed by atoms with Crippen LogP contribution in [0.4, 0.5) is 13.2 Å². The fraction of sp³-hybridized carbons (Fsp3) is 0.455. The average molecular weight is 298 g/mol. The Balaban J connectivity index is 2.85. The Labute approximate surface area is 108 Å². The van der Waals surface area contributed by atoms with Gasteiger partial charge < -0.3 is 5.11 Å². The van der Waals surface area contributed by atoms with E-state index in [0.717, 1.165) is 5.56 Å². The van der Waals surface area contributed by atoms with Gasteiger partial charge in [0.2, 0.25) is 0 Å². The molecule has 1 aromatic rings. The summed E-state index contributed by atoms with van der Waals surface area (Å²) in [6.45, 7) is 0.774. The second-order valence-corrected chi connectivity index (χ2v) is 5.92. The minimum atomic E-state index is -4.98. The van der Waals surface area contributed by atoms with Crippen LogP contribution < -0.4 is 0 Å². The zero-order valence-corrected chi connectivity index (χ0v) is 11.0. The topological polar surface area (TPSA) is 63.6 Å². The van der Waals surface area contributed by atoms with Crippen LogP contribution in [0.25, 0.3) is 0 Å². The van der Waals surface area contributed by atoms with Crippen molar-refractivity contribution in [1.82, 2.24) is 0 Å². The predicted molar refractivity (Wildman–Crippen MR) is 61.0 cm³/mol. The number of alkyl halides is 3. The Morgan fingerprint density at radius 1 is 1.21 bits per heavy atom. The maximum absolute atomic E-state index is 12.3. The van der Waals surface area contributed by atoms with E-state index in [-0.39, 0.29) is 4.90 Å². The smallest absolute Gasteiger partial charge is 0.379 e. The molecule has 0 bridgehead atoms. The van der Waals surface area contributed by atoms with Crippen molar-refractivity contribution in [2.75, 3.05) is 6.61 Å². The van der Waals surface area contributed by atoms with E-state index in [1.165, 1.54) is 24.3 Å². The Bertz CT molecular complexity index is 532. The lowest BCUT2D eigenvalue weighted by molar-refractivity contribution is -0.260. The second kappa shape index (κ2) is 5.10. The first-order chi connectivity index (χ1) is 8.46. The summed E-state index contributed by atoms with van der Waals surface area (Å²) >= 11 is 0. The molecule has 0 saturated heterocycles. The van der Waals surface area contributed by atoms with Crippen LogP contribution in [0.2, 0.25) is 0 Å². The maximum atomic E-state index is 12.3. The molecule has 0 unspecified atom stereocenters. The molecule has 0 saturated carbocycles. The van der Waals surface area contributed by atoms with Crippen molar-refractivity contribution in [3.8, 4) is 0 Å². The molecule has 0 radical (unpaired) electrons. The fourth-order valence-electron chi connectivity index (χ4n) is 1.05. The SMILES string of the molecule is Cc1ccc(S(=O)(=O)OC[C@](C)(O)C(F)(F)F)cc1. The van der Waals surface area contributed by atoms with Crippen LogP contribution in [0.1, 0.15) is 12.5 Å². The van der Waals surface area contributed by atoms with Crippen LogP contribution in [-0.4, -0.2) is 31.9 Å². The van der Waals surface area contributed by atoms with Gasteiger partial charge in [0.25, 0.3) is 10.1 Å². The second-order valence-electron chi connectivity index (χ2n) is 4.30. The summed E-state index contributed by atoms with van der Waals surface area (Å²) < 4.78 is 64.5. The van der Waals surface area contributed by atoms with E-state index in [1.54, 1.807) is 6.92 Å². The molecule has 1 aromatic carbocycles. The third kappa shape index (κ3) is 3.92. The lowest BCUT2D eigenvalue weighted by Gasteiger charge is -2.25. The first kappa shape index (κ1) is 15.9. The monoisotopic (exact) mass is 298 g/mol. The van der Waals surface area contributed by atoms with E-state index >= 15 is 0 Å². The Morgan fingerprint density at radius 3 is 2.11 bits per heavy atom. The van der Waals surface area contributed by atoms with Crippen LogP contribution in [-0.2, 0) is 14.3 Å². The molecule has 8 heteroatoms. The minimum Gasteiger partial charge on any atom is -0.379 e. The van der Waals surface area contributed by atoms with E-state index in [1.807, 2.05) is 0 Å². The van der Waals surface area contributed by atoms with Gasteiger partial charge in [-0.15, -0.1) is 0 Å². The van der Waals surface area contributed by atoms with Crippen molar-refractivity contribution in [2.45, 2.75) is 30.5 Å². The van der Waals surface area contributed by atoms with Crippen molar-refractivity contribution in [1.29, 1.82) is 0 Å². The molecule has 4 nitrogen and oxygen atoms in total. The first-order valence-electron chi connectivity index (χ1n) is 5.21. The van der Waals surface area contributed by atoms with Crippen LogP contribution in [0.5, 0.6) is 0 Å². The van der Waals surface area contributed by atoms with Crippen molar-refractivity contribution >= 4 is 10.1 Å². The molecular weight excluding hydrogens is 285 g/mol. The highest BCUT2D eigenvalue weighted by molar-refractivity contribution is 7.86. The van der Waals surface area contributed by atoms with Crippen molar-refractivity contribution < 1.29 is 30.9 Å². The van der Waals surface area contributed by atoms with Gasteiger partial charge in [0, 0.05) is 0 Å². The van der Waals surface area contributed by atoms with Gasteiger partial charge in [-0.2, -0.15) is 21.6 Å². The normalized spacial score (nSPS) is 16.1. The summed E-state index contributed by atoms with van der Waals surface area (Å²) in [5.74, 6) is 0. The lowest BCUT2D eigenvalue weighted by atomic mass is 10.1. The van der Waals surface area contributed by atoms with Gasteiger partial charge in [-0.3, -0.25) is 4.18 Å². The molecule has 0 heterocycles. The predicted octanol–water partition coefficient (Wildman–Crippen LogP) is 2.01. The molecule has 19 heavy (non-hydrogen) atoms. The molecule has 1 rings (SSSR count). The number of benzene rings is 1. The maximum Gasteiger partial charge on any atom is 0.419 e. The van der Waals surface area contributed by atoms with Crippen molar-refractivity contribution in [3.05, 3.63) is 29.8 Å². The van der Waals surface area contributed by atoms with Gasteiger partial charge in [0.05, 0.1) is 4.90 Å². The van der Waals surface area contributed by atoms with Crippen LogP contribution >= 0.6 is 0 Å². The van der Waals surface area contributed by atoms with E-state index < -0.39 is 28.5 Å². The van der Waals surface area contributed by atoms with Crippen molar-refractivity contribution in [3.63, 3.8) is 0 Å². The van der Waals surface area contributed by atoms with Gasteiger partial charge in [-0.25, -0.2) is 0 Å². The summed E-state index contributed by atoms with van der Waals surface area (Å²) in [6, 6.07) is 5.40. The number of aliphatic hydroxyl groups is 1. The van der Waals surface area contributed by atoms with Gasteiger partial charge in [-0.05, 0) is 26.0 Å². The number of halogens is 3. The standard InChI is InChI=1S/C11H13F3O4S/c1-8-3-5-9(6-4-8)19(16,17)18-7-10(2,15)11(12,13)14/h3-6,15H,7H2,1-2H3/t10-/m0/s1. The van der Waals surface area contributed by atoms with Crippen LogP contribution in [0.15, 0.2) is 29.2 Å². The van der Waals surface area contributed by atoms with Gasteiger partial charge in [0.15, 0.2) is 5.60 Å². The number of rotatable bonds is 4. The number of aryl methyl sites for hydroxylation is 1. The van der Waals surface area contributed by atoms with E-state index in [2.05, 4.69) is 4.18 Å². The highest BCUT2D eigenvalue weighted by atomic mass is 32.2. The molecular formula is C11H13F3O4S. The molecule has 1 atom stereocenters. The Morgan fingerprint density at radius 2 is 1.68 bits per heavy atom. The fourth-order valence-corrected chi connectivity index (χ4v) is 2.04. The van der Waals surface area contributed by atoms with Crippen LogP contribution in [0.3, 0.4) is 0 Å². The Kier molecular flexibility index (Phi) is 4.28. The third-order valence-electron chi connectivity index (χ3n) is 2.42. The minimum absolute atomic E-state index is 0.268. The van der Waals surface area contributed by atoms with Gasteiger partial charge in [0.1, 0.15) is 6.61 Å². The van der Waals surface area contributed by atoms with Gasteiger partial charge >= 0.3 is 6.18 Å². The van der Waals surface area contributed by atoms with Crippen LogP contribution in [0, 0.1) is 6.92 Å². The molecule has 0 aliphatic heterocycles. The summed E-state index contributed by atoms with van der Waals surface area (Å²) in [4.78, 5) is -0.268. The third-order valence-corrected chi connectivity index (χ3v) is 3.69. The average Bonchev–Trinajstić information content (AvgIpc) is 2.26. The molecule has 0 aromatic heterocycles. The summed E-state index contributed by atoms with van der Waals surface area (Å²) in [6.07, 6.45) is -4.98. The van der Waals surface area contributed by atoms with E-state index in [0.29, 0.717) is 6.92 Å². The molecule has 0 spiro atoms. The molecule has 0 aliphatic carbocycles. The summed E-state index contributed by atoms with van der Waals surface area (Å²) in [5.41, 5.74) is -2.44. The lowest BCUT2D eigenvalue weighted by Crippen LogP contribution is -2.46. The molecule has 0 amide bonds. The molecule has 0 fully saturated rings. The summed E-state index contributed by atoms with van der Waals surface area (Å²) in [5, 5.41) is 9.09. The summed E-state index contributed by atoms with van der Waals surface area (Å²) in [7, 11) is -4.33. The Hall–Kier alpha value is -1.12. The zero-order valence-electron chi connectivity index (χ0n) is 10.2. The van der Waals surface area contributed by atoms with E-state index in [9.17, 15) is 21.6 Å². The first-order valence-corrected chi connectivity index (χ1v) is 6.62. The van der Waals surface area contributed by atoms with Crippen molar-refractivity contribution in [2.24, 2.45) is 0 Å². The highest BCUT2D eigenvalue weighted by Gasteiger charge is 2.51. The number of hydrogen-bond donors (Lipinski definition) is 1. The molecule has 1 N–H and O–H groups in total. The van der Waals surface area contributed by atoms with Gasteiger partial charge in [-0.1, -0.05) is 17.7 Å².